The largest absolute Gasteiger partial charge is 0.457 e. The molecule has 5 heteroatoms. The molecule has 0 saturated carbocycles. The van der Waals surface area contributed by atoms with Crippen LogP contribution >= 0.6 is 11.8 Å². The van der Waals surface area contributed by atoms with Crippen LogP contribution in [0.15, 0.2) is 59.5 Å². The Morgan fingerprint density at radius 3 is 2.17 bits per heavy atom. The second-order valence-corrected chi connectivity index (χ2v) is 5.98. The highest BCUT2D eigenvalue weighted by molar-refractivity contribution is 7.99. The van der Waals surface area contributed by atoms with Crippen LogP contribution in [0.25, 0.3) is 0 Å². The third-order valence-electron chi connectivity index (χ3n) is 2.97. The highest BCUT2D eigenvalue weighted by Crippen LogP contribution is 2.28. The monoisotopic (exact) mass is 330 g/mol. The highest BCUT2D eigenvalue weighted by Gasteiger charge is 2.15. The van der Waals surface area contributed by atoms with Gasteiger partial charge in [-0.2, -0.15) is 0 Å². The molecule has 0 bridgehead atoms. The van der Waals surface area contributed by atoms with Crippen molar-refractivity contribution >= 4 is 23.7 Å². The van der Waals surface area contributed by atoms with E-state index in [0.717, 1.165) is 10.5 Å². The summed E-state index contributed by atoms with van der Waals surface area (Å²) in [5.41, 5.74) is 0.861. The lowest BCUT2D eigenvalue weighted by molar-refractivity contribution is -0.145. The summed E-state index contributed by atoms with van der Waals surface area (Å²) in [5.74, 6) is 0.386. The molecule has 4 nitrogen and oxygen atoms in total. The smallest absolute Gasteiger partial charge is 0.308 e. The molecule has 0 aromatic heterocycles. The van der Waals surface area contributed by atoms with Gasteiger partial charge in [-0.1, -0.05) is 30.3 Å². The number of carbonyl (C=O) groups is 2. The molecule has 23 heavy (non-hydrogen) atoms. The standard InChI is InChI=1S/C18H18O4S/c1-13(19)21-16-10-8-15(9-11-16)18(22-14(2)20)12-23-17-6-4-3-5-7-17/h3-11,18H,12H2,1-2H3. The lowest BCUT2D eigenvalue weighted by Crippen LogP contribution is -2.11. The fourth-order valence-corrected chi connectivity index (χ4v) is 2.96. The number of carbonyl (C=O) groups excluding carboxylic acids is 2. The van der Waals surface area contributed by atoms with Gasteiger partial charge in [-0.3, -0.25) is 9.59 Å². The summed E-state index contributed by atoms with van der Waals surface area (Å²) in [5, 5.41) is 0. The Labute approximate surface area is 139 Å². The van der Waals surface area contributed by atoms with Gasteiger partial charge in [-0.15, -0.1) is 11.8 Å². The number of ether oxygens (including phenoxy) is 2. The summed E-state index contributed by atoms with van der Waals surface area (Å²) in [4.78, 5) is 23.4. The molecule has 0 aliphatic carbocycles. The molecular formula is C18H18O4S. The average molecular weight is 330 g/mol. The minimum atomic E-state index is -0.367. The number of thioether (sulfide) groups is 1. The second-order valence-electron chi connectivity index (χ2n) is 4.88. The van der Waals surface area contributed by atoms with Crippen molar-refractivity contribution in [1.82, 2.24) is 0 Å². The van der Waals surface area contributed by atoms with Gasteiger partial charge in [0.25, 0.3) is 0 Å². The van der Waals surface area contributed by atoms with Crippen LogP contribution in [-0.2, 0) is 14.3 Å². The third-order valence-corrected chi connectivity index (χ3v) is 4.04. The quantitative estimate of drug-likeness (QED) is 0.455. The van der Waals surface area contributed by atoms with E-state index in [1.807, 2.05) is 30.3 Å². The Morgan fingerprint density at radius 1 is 0.957 bits per heavy atom. The van der Waals surface area contributed by atoms with Gasteiger partial charge in [0.2, 0.25) is 0 Å². The first-order valence-electron chi connectivity index (χ1n) is 7.18. The number of rotatable bonds is 6. The topological polar surface area (TPSA) is 52.6 Å². The molecule has 2 aromatic rings. The summed E-state index contributed by atoms with van der Waals surface area (Å²) in [6.07, 6.45) is -0.357. The fraction of sp³-hybridized carbons (Fsp3) is 0.222. The maximum absolute atomic E-state index is 11.4. The number of hydrogen-bond acceptors (Lipinski definition) is 5. The van der Waals surface area contributed by atoms with E-state index in [0.29, 0.717) is 11.5 Å². The number of hydrogen-bond donors (Lipinski definition) is 0. The van der Waals surface area contributed by atoms with Crippen molar-refractivity contribution in [2.45, 2.75) is 24.8 Å². The van der Waals surface area contributed by atoms with Gasteiger partial charge >= 0.3 is 11.9 Å². The summed E-state index contributed by atoms with van der Waals surface area (Å²) < 4.78 is 10.4. The molecule has 0 radical (unpaired) electrons. The Balaban J connectivity index is 2.07. The molecule has 2 aromatic carbocycles. The molecule has 0 aliphatic heterocycles. The Morgan fingerprint density at radius 2 is 1.61 bits per heavy atom. The van der Waals surface area contributed by atoms with Crippen molar-refractivity contribution in [1.29, 1.82) is 0 Å². The van der Waals surface area contributed by atoms with Crippen LogP contribution < -0.4 is 4.74 Å². The maximum Gasteiger partial charge on any atom is 0.308 e. The minimum Gasteiger partial charge on any atom is -0.457 e. The van der Waals surface area contributed by atoms with E-state index >= 15 is 0 Å². The van der Waals surface area contributed by atoms with Gasteiger partial charge in [0, 0.05) is 24.5 Å². The molecular weight excluding hydrogens is 312 g/mol. The Kier molecular flexibility index (Phi) is 6.23. The molecule has 120 valence electrons. The van der Waals surface area contributed by atoms with E-state index in [4.69, 9.17) is 9.47 Å². The Bertz CT molecular complexity index is 652. The van der Waals surface area contributed by atoms with E-state index in [2.05, 4.69) is 0 Å². The lowest BCUT2D eigenvalue weighted by atomic mass is 10.1. The van der Waals surface area contributed by atoms with Crippen molar-refractivity contribution in [3.8, 4) is 5.75 Å². The van der Waals surface area contributed by atoms with Crippen molar-refractivity contribution in [3.05, 3.63) is 60.2 Å². The second kappa shape index (κ2) is 8.39. The predicted octanol–water partition coefficient (Wildman–Crippen LogP) is 4.01. The average Bonchev–Trinajstić information content (AvgIpc) is 2.52. The van der Waals surface area contributed by atoms with Crippen LogP contribution in [-0.4, -0.2) is 17.7 Å². The van der Waals surface area contributed by atoms with Crippen LogP contribution in [0.4, 0.5) is 0 Å². The van der Waals surface area contributed by atoms with E-state index in [1.54, 1.807) is 36.0 Å². The Hall–Kier alpha value is -2.27. The molecule has 0 N–H and O–H groups in total. The highest BCUT2D eigenvalue weighted by atomic mass is 32.2. The molecule has 0 saturated heterocycles. The van der Waals surface area contributed by atoms with Gasteiger partial charge in [-0.05, 0) is 29.8 Å². The van der Waals surface area contributed by atoms with Crippen LogP contribution in [0, 0.1) is 0 Å². The zero-order valence-corrected chi connectivity index (χ0v) is 13.8. The van der Waals surface area contributed by atoms with Gasteiger partial charge in [-0.25, -0.2) is 0 Å². The van der Waals surface area contributed by atoms with Crippen LogP contribution in [0.2, 0.25) is 0 Å². The first-order valence-corrected chi connectivity index (χ1v) is 8.16. The summed E-state index contributed by atoms with van der Waals surface area (Å²) >= 11 is 1.62. The zero-order chi connectivity index (χ0) is 16.7. The van der Waals surface area contributed by atoms with E-state index in [9.17, 15) is 9.59 Å². The van der Waals surface area contributed by atoms with Crippen LogP contribution in [0.5, 0.6) is 5.75 Å². The zero-order valence-electron chi connectivity index (χ0n) is 13.0. The molecule has 1 atom stereocenters. The number of esters is 2. The third kappa shape index (κ3) is 5.79. The molecule has 0 heterocycles. The van der Waals surface area contributed by atoms with E-state index in [-0.39, 0.29) is 18.0 Å². The summed E-state index contributed by atoms with van der Waals surface area (Å²) in [6, 6.07) is 16.9. The van der Waals surface area contributed by atoms with Gasteiger partial charge in [0.1, 0.15) is 11.9 Å². The molecule has 0 spiro atoms. The minimum absolute atomic E-state index is 0.326. The van der Waals surface area contributed by atoms with Gasteiger partial charge in [0.15, 0.2) is 0 Å². The molecule has 0 aliphatic rings. The van der Waals surface area contributed by atoms with E-state index < -0.39 is 0 Å². The van der Waals surface area contributed by atoms with Crippen molar-refractivity contribution in [3.63, 3.8) is 0 Å². The van der Waals surface area contributed by atoms with Crippen molar-refractivity contribution < 1.29 is 19.1 Å². The van der Waals surface area contributed by atoms with Crippen LogP contribution in [0.1, 0.15) is 25.5 Å². The van der Waals surface area contributed by atoms with Crippen molar-refractivity contribution in [2.24, 2.45) is 0 Å². The first kappa shape index (κ1) is 17.1. The van der Waals surface area contributed by atoms with E-state index in [1.165, 1.54) is 13.8 Å². The maximum atomic E-state index is 11.4. The van der Waals surface area contributed by atoms with Crippen molar-refractivity contribution in [2.75, 3.05) is 5.75 Å². The van der Waals surface area contributed by atoms with Gasteiger partial charge < -0.3 is 9.47 Å². The molecule has 2 rings (SSSR count). The van der Waals surface area contributed by atoms with Gasteiger partial charge in [0.05, 0.1) is 0 Å². The molecule has 0 amide bonds. The SMILES string of the molecule is CC(=O)Oc1ccc(C(CSc2ccccc2)OC(C)=O)cc1. The fourth-order valence-electron chi connectivity index (χ4n) is 2.00. The first-order chi connectivity index (χ1) is 11.0. The molecule has 1 unspecified atom stereocenters. The number of benzene rings is 2. The lowest BCUT2D eigenvalue weighted by Gasteiger charge is -2.17. The summed E-state index contributed by atoms with van der Waals surface area (Å²) in [6.45, 7) is 2.75. The molecule has 0 fully saturated rings. The normalized spacial score (nSPS) is 11.6. The summed E-state index contributed by atoms with van der Waals surface area (Å²) in [7, 11) is 0. The van der Waals surface area contributed by atoms with Crippen LogP contribution in [0.3, 0.4) is 0 Å². The predicted molar refractivity (Wildman–Crippen MR) is 89.4 cm³/mol.